The van der Waals surface area contributed by atoms with Crippen molar-refractivity contribution in [3.63, 3.8) is 0 Å². The van der Waals surface area contributed by atoms with Crippen LogP contribution in [0.15, 0.2) is 0 Å². The first-order valence-electron chi connectivity index (χ1n) is 10.0. The first-order chi connectivity index (χ1) is 11.6. The van der Waals surface area contributed by atoms with Crippen molar-refractivity contribution >= 4 is 11.8 Å². The first kappa shape index (κ1) is 17.2. The summed E-state index contributed by atoms with van der Waals surface area (Å²) < 4.78 is 41.2. The molecule has 0 spiro atoms. The molecule has 0 bridgehead atoms. The van der Waals surface area contributed by atoms with Crippen molar-refractivity contribution in [3.05, 3.63) is 0 Å². The Morgan fingerprint density at radius 3 is 2.40 bits per heavy atom. The van der Waals surface area contributed by atoms with Crippen molar-refractivity contribution < 1.29 is 18.3 Å². The summed E-state index contributed by atoms with van der Waals surface area (Å²) in [6.45, 7) is 4.20. The van der Waals surface area contributed by atoms with Gasteiger partial charge in [0.2, 0.25) is 0 Å². The normalized spacial score (nSPS) is 60.2. The van der Waals surface area contributed by atoms with Gasteiger partial charge in [-0.1, -0.05) is 13.8 Å². The largest absolute Gasteiger partial charge is 0.417 e. The van der Waals surface area contributed by atoms with Gasteiger partial charge in [0.25, 0.3) is 0 Å². The third-order valence-electron chi connectivity index (χ3n) is 9.53. The molecule has 1 aliphatic heterocycles. The van der Waals surface area contributed by atoms with Gasteiger partial charge >= 0.3 is 6.18 Å². The maximum atomic E-state index is 13.7. The highest BCUT2D eigenvalue weighted by molar-refractivity contribution is 8.07. The van der Waals surface area contributed by atoms with Crippen LogP contribution >= 0.6 is 11.8 Å². The van der Waals surface area contributed by atoms with Gasteiger partial charge in [0, 0.05) is 15.9 Å². The molecule has 5 rings (SSSR count). The second kappa shape index (κ2) is 4.92. The predicted molar refractivity (Wildman–Crippen MR) is 93.3 cm³/mol. The summed E-state index contributed by atoms with van der Waals surface area (Å²) in [5.41, 5.74) is -3.13. The Bertz CT molecular complexity index is 594. The lowest BCUT2D eigenvalue weighted by Gasteiger charge is -2.61. The highest BCUT2D eigenvalue weighted by Crippen LogP contribution is 2.72. The first-order valence-corrected chi connectivity index (χ1v) is 11.0. The van der Waals surface area contributed by atoms with Gasteiger partial charge < -0.3 is 5.11 Å². The van der Waals surface area contributed by atoms with Gasteiger partial charge in [-0.25, -0.2) is 0 Å². The molecule has 0 radical (unpaired) electrons. The van der Waals surface area contributed by atoms with E-state index in [1.54, 1.807) is 6.92 Å². The third kappa shape index (κ3) is 2.03. The van der Waals surface area contributed by atoms with E-state index >= 15 is 0 Å². The number of fused-ring (bicyclic) bond motifs is 6. The summed E-state index contributed by atoms with van der Waals surface area (Å²) in [5, 5.41) is 12.4. The summed E-state index contributed by atoms with van der Waals surface area (Å²) in [7, 11) is 0. The van der Waals surface area contributed by atoms with Gasteiger partial charge in [-0.3, -0.25) is 0 Å². The molecule has 1 N–H and O–H groups in total. The molecule has 0 aromatic heterocycles. The number of halogens is 3. The topological polar surface area (TPSA) is 20.2 Å². The van der Waals surface area contributed by atoms with E-state index in [0.29, 0.717) is 30.1 Å². The lowest BCUT2D eigenvalue weighted by Crippen LogP contribution is -2.60. The number of alkyl halides is 3. The summed E-state index contributed by atoms with van der Waals surface area (Å²) in [4.78, 5) is 0. The molecule has 3 unspecified atom stereocenters. The molecule has 0 aromatic carbocycles. The molecule has 9 atom stereocenters. The minimum Gasteiger partial charge on any atom is -0.380 e. The second-order valence-corrected chi connectivity index (χ2v) is 11.6. The van der Waals surface area contributed by atoms with E-state index in [2.05, 4.69) is 18.7 Å². The number of thioether (sulfide) groups is 1. The van der Waals surface area contributed by atoms with Gasteiger partial charge in [-0.2, -0.15) is 24.9 Å². The van der Waals surface area contributed by atoms with Crippen LogP contribution in [0.3, 0.4) is 0 Å². The molecule has 0 amide bonds. The van der Waals surface area contributed by atoms with Crippen molar-refractivity contribution in [2.24, 2.45) is 34.5 Å². The van der Waals surface area contributed by atoms with Crippen molar-refractivity contribution in [1.29, 1.82) is 0 Å². The molecular formula is C20H29F3OS. The fraction of sp³-hybridized carbons (Fsp3) is 1.00. The Balaban J connectivity index is 1.47. The summed E-state index contributed by atoms with van der Waals surface area (Å²) in [6.07, 6.45) is 2.26. The molecular weight excluding hydrogens is 345 g/mol. The summed E-state index contributed by atoms with van der Waals surface area (Å²) in [5.74, 6) is 1.77. The van der Waals surface area contributed by atoms with E-state index in [1.165, 1.54) is 19.3 Å². The highest BCUT2D eigenvalue weighted by Gasteiger charge is 2.73. The van der Waals surface area contributed by atoms with E-state index in [9.17, 15) is 18.3 Å². The second-order valence-electron chi connectivity index (χ2n) is 10.2. The Morgan fingerprint density at radius 2 is 1.68 bits per heavy atom. The number of hydrogen-bond donors (Lipinski definition) is 1. The molecule has 25 heavy (non-hydrogen) atoms. The van der Waals surface area contributed by atoms with Crippen LogP contribution in [0.5, 0.6) is 0 Å². The van der Waals surface area contributed by atoms with E-state index in [0.717, 1.165) is 29.3 Å². The smallest absolute Gasteiger partial charge is 0.380 e. The summed E-state index contributed by atoms with van der Waals surface area (Å²) in [6, 6.07) is 0. The average molecular weight is 375 g/mol. The van der Waals surface area contributed by atoms with Crippen molar-refractivity contribution in [3.8, 4) is 0 Å². The molecule has 4 saturated carbocycles. The van der Waals surface area contributed by atoms with Crippen molar-refractivity contribution in [2.45, 2.75) is 87.5 Å². The predicted octanol–water partition coefficient (Wildman–Crippen LogP) is 5.42. The molecule has 0 aromatic rings. The fourth-order valence-corrected chi connectivity index (χ4v) is 9.37. The fourth-order valence-electron chi connectivity index (χ4n) is 8.00. The zero-order chi connectivity index (χ0) is 17.8. The van der Waals surface area contributed by atoms with Crippen molar-refractivity contribution in [2.75, 3.05) is 0 Å². The highest BCUT2D eigenvalue weighted by atomic mass is 32.2. The molecule has 1 saturated heterocycles. The van der Waals surface area contributed by atoms with Crippen LogP contribution in [0.1, 0.15) is 65.2 Å². The van der Waals surface area contributed by atoms with E-state index in [1.807, 2.05) is 0 Å². The standard InChI is InChI=1S/C20H29F3OS/c1-17-10-16-15(25-16)9-11(17)3-4-12-13(17)5-7-18(2)14(12)6-8-19(18,24)20(21,22)23/h11-16,24H,3-10H2,1-2H3/t11-,12?,13?,14?,15-,16+,17+,18+,19+/m1/s1. The van der Waals surface area contributed by atoms with E-state index in [-0.39, 0.29) is 12.3 Å². The Labute approximate surface area is 152 Å². The molecule has 1 nitrogen and oxygen atoms in total. The maximum Gasteiger partial charge on any atom is 0.417 e. The van der Waals surface area contributed by atoms with Crippen LogP contribution < -0.4 is 0 Å². The van der Waals surface area contributed by atoms with Crippen LogP contribution in [-0.2, 0) is 0 Å². The molecule has 5 heteroatoms. The van der Waals surface area contributed by atoms with Gasteiger partial charge in [-0.15, -0.1) is 0 Å². The third-order valence-corrected chi connectivity index (χ3v) is 10.9. The zero-order valence-electron chi connectivity index (χ0n) is 15.1. The van der Waals surface area contributed by atoms with Crippen LogP contribution in [-0.4, -0.2) is 27.4 Å². The van der Waals surface area contributed by atoms with Gasteiger partial charge in [-0.05, 0) is 80.5 Å². The molecule has 5 fully saturated rings. The van der Waals surface area contributed by atoms with Crippen LogP contribution in [0.4, 0.5) is 13.2 Å². The molecule has 5 aliphatic rings. The lowest BCUT2D eigenvalue weighted by molar-refractivity contribution is -0.304. The Kier molecular flexibility index (Phi) is 3.39. The minimum absolute atomic E-state index is 0.0419. The Morgan fingerprint density at radius 1 is 0.960 bits per heavy atom. The maximum absolute atomic E-state index is 13.7. The van der Waals surface area contributed by atoms with E-state index in [4.69, 9.17) is 0 Å². The quantitative estimate of drug-likeness (QED) is 0.572. The van der Waals surface area contributed by atoms with Gasteiger partial charge in [0.15, 0.2) is 5.60 Å². The van der Waals surface area contributed by atoms with Crippen molar-refractivity contribution in [1.82, 2.24) is 0 Å². The van der Waals surface area contributed by atoms with Crippen LogP contribution in [0.2, 0.25) is 0 Å². The number of aliphatic hydroxyl groups is 1. The zero-order valence-corrected chi connectivity index (χ0v) is 15.9. The van der Waals surface area contributed by atoms with E-state index < -0.39 is 17.2 Å². The number of rotatable bonds is 0. The van der Waals surface area contributed by atoms with Crippen LogP contribution in [0.25, 0.3) is 0 Å². The minimum atomic E-state index is -4.51. The molecule has 4 aliphatic carbocycles. The number of hydrogen-bond acceptors (Lipinski definition) is 2. The molecule has 142 valence electrons. The van der Waals surface area contributed by atoms with Gasteiger partial charge in [0.1, 0.15) is 0 Å². The SMILES string of the molecule is C[C@]12CCC3C(CC[C@@H]4C[C@H]5S[C@H]5C[C@]34C)C1CC[C@@]2(O)C(F)(F)F. The van der Waals surface area contributed by atoms with Crippen LogP contribution in [0, 0.1) is 34.5 Å². The Hall–Kier alpha value is 0.100. The monoisotopic (exact) mass is 374 g/mol. The average Bonchev–Trinajstić information content (AvgIpc) is 3.19. The summed E-state index contributed by atoms with van der Waals surface area (Å²) >= 11 is 2.14. The lowest BCUT2D eigenvalue weighted by atomic mass is 9.44. The van der Waals surface area contributed by atoms with Gasteiger partial charge in [0.05, 0.1) is 0 Å². The molecule has 1 heterocycles.